The van der Waals surface area contributed by atoms with E-state index >= 15 is 0 Å². The van der Waals surface area contributed by atoms with Gasteiger partial charge in [-0.2, -0.15) is 0 Å². The SMILES string of the molecule is O=C(OCc1ccccc1)C1CNC2C(=CC=C3C2OCC2C=CC=CN32)C1. The van der Waals surface area contributed by atoms with E-state index < -0.39 is 0 Å². The minimum Gasteiger partial charge on any atom is -0.461 e. The molecule has 2 saturated heterocycles. The van der Waals surface area contributed by atoms with Crippen molar-refractivity contribution in [3.05, 3.63) is 83.7 Å². The van der Waals surface area contributed by atoms with E-state index in [1.54, 1.807) is 0 Å². The van der Waals surface area contributed by atoms with Gasteiger partial charge in [-0.1, -0.05) is 48.6 Å². The van der Waals surface area contributed by atoms with Gasteiger partial charge in [0.05, 0.1) is 24.6 Å². The first kappa shape index (κ1) is 17.5. The summed E-state index contributed by atoms with van der Waals surface area (Å²) in [6.45, 7) is 1.61. The average molecular weight is 376 g/mol. The summed E-state index contributed by atoms with van der Waals surface area (Å²) < 4.78 is 11.8. The highest BCUT2D eigenvalue weighted by Crippen LogP contribution is 2.36. The van der Waals surface area contributed by atoms with Crippen molar-refractivity contribution < 1.29 is 14.3 Å². The van der Waals surface area contributed by atoms with Crippen LogP contribution in [-0.2, 0) is 20.9 Å². The monoisotopic (exact) mass is 376 g/mol. The molecule has 0 radical (unpaired) electrons. The Morgan fingerprint density at radius 3 is 3.00 bits per heavy atom. The van der Waals surface area contributed by atoms with Crippen LogP contribution in [0.25, 0.3) is 0 Å². The van der Waals surface area contributed by atoms with Crippen LogP contribution in [0.5, 0.6) is 0 Å². The molecule has 4 aliphatic rings. The number of ether oxygens (including phenoxy) is 2. The number of allylic oxidation sites excluding steroid dienone is 4. The molecule has 3 heterocycles. The molecule has 4 unspecified atom stereocenters. The van der Waals surface area contributed by atoms with E-state index in [0.717, 1.165) is 5.56 Å². The normalized spacial score (nSPS) is 30.5. The maximum Gasteiger partial charge on any atom is 0.310 e. The van der Waals surface area contributed by atoms with Crippen LogP contribution in [0.4, 0.5) is 0 Å². The van der Waals surface area contributed by atoms with Gasteiger partial charge in [0.2, 0.25) is 0 Å². The number of benzene rings is 1. The second-order valence-electron chi connectivity index (χ2n) is 7.67. The fourth-order valence-electron chi connectivity index (χ4n) is 4.40. The summed E-state index contributed by atoms with van der Waals surface area (Å²) in [6.07, 6.45) is 13.4. The second kappa shape index (κ2) is 7.41. The van der Waals surface area contributed by atoms with Crippen molar-refractivity contribution in [3.8, 4) is 0 Å². The number of rotatable bonds is 3. The third-order valence-corrected chi connectivity index (χ3v) is 5.88. The lowest BCUT2D eigenvalue weighted by molar-refractivity contribution is -0.150. The molecule has 0 saturated carbocycles. The molecular weight excluding hydrogens is 352 g/mol. The van der Waals surface area contributed by atoms with Gasteiger partial charge in [-0.25, -0.2) is 0 Å². The Kier molecular flexibility index (Phi) is 4.63. The molecule has 5 nitrogen and oxygen atoms in total. The third kappa shape index (κ3) is 3.21. The maximum absolute atomic E-state index is 12.6. The molecule has 0 spiro atoms. The fourth-order valence-corrected chi connectivity index (χ4v) is 4.40. The fraction of sp³-hybridized carbons (Fsp3) is 0.348. The number of piperidine rings is 1. The molecular formula is C23H24N2O3. The van der Waals surface area contributed by atoms with E-state index in [1.807, 2.05) is 30.3 Å². The van der Waals surface area contributed by atoms with Crippen molar-refractivity contribution in [2.75, 3.05) is 13.2 Å². The van der Waals surface area contributed by atoms with Gasteiger partial charge in [0.1, 0.15) is 12.7 Å². The highest BCUT2D eigenvalue weighted by Gasteiger charge is 2.42. The first-order chi connectivity index (χ1) is 13.8. The molecule has 0 aromatic heterocycles. The zero-order valence-electron chi connectivity index (χ0n) is 15.7. The Morgan fingerprint density at radius 2 is 2.11 bits per heavy atom. The van der Waals surface area contributed by atoms with Crippen molar-refractivity contribution in [2.45, 2.75) is 31.2 Å². The van der Waals surface area contributed by atoms with Gasteiger partial charge in [0.25, 0.3) is 0 Å². The standard InChI is InChI=1S/C23H24N2O3/c26-23(28-14-16-6-2-1-3-7-16)18-12-17-9-10-20-22(21(17)24-13-18)27-15-19-8-4-5-11-25(19)20/h1-11,18-19,21-22,24H,12-15H2. The topological polar surface area (TPSA) is 50.8 Å². The lowest BCUT2D eigenvalue weighted by Crippen LogP contribution is -2.57. The number of hydrogen-bond donors (Lipinski definition) is 1. The number of fused-ring (bicyclic) bond motifs is 5. The minimum atomic E-state index is -0.157. The molecule has 1 aromatic rings. The van der Waals surface area contributed by atoms with Crippen LogP contribution in [0, 0.1) is 5.92 Å². The quantitative estimate of drug-likeness (QED) is 0.822. The van der Waals surface area contributed by atoms with E-state index in [9.17, 15) is 4.79 Å². The highest BCUT2D eigenvalue weighted by atomic mass is 16.5. The molecule has 28 heavy (non-hydrogen) atoms. The van der Waals surface area contributed by atoms with E-state index in [2.05, 4.69) is 46.8 Å². The number of esters is 1. The van der Waals surface area contributed by atoms with Crippen LogP contribution in [0.15, 0.2) is 78.2 Å². The summed E-state index contributed by atoms with van der Waals surface area (Å²) in [6, 6.07) is 10.2. The second-order valence-corrected chi connectivity index (χ2v) is 7.67. The van der Waals surface area contributed by atoms with Gasteiger partial charge in [-0.15, -0.1) is 0 Å². The lowest BCUT2D eigenvalue weighted by atomic mass is 9.82. The molecule has 2 fully saturated rings. The third-order valence-electron chi connectivity index (χ3n) is 5.88. The van der Waals surface area contributed by atoms with Gasteiger partial charge in [-0.3, -0.25) is 4.79 Å². The van der Waals surface area contributed by atoms with Gasteiger partial charge in [0, 0.05) is 18.4 Å². The van der Waals surface area contributed by atoms with Crippen molar-refractivity contribution >= 4 is 5.97 Å². The molecule has 1 N–H and O–H groups in total. The Labute approximate surface area is 165 Å². The number of carbonyl (C=O) groups is 1. The molecule has 4 atom stereocenters. The summed E-state index contributed by atoms with van der Waals surface area (Å²) in [7, 11) is 0. The Bertz CT molecular complexity index is 871. The summed E-state index contributed by atoms with van der Waals surface area (Å²) in [5, 5.41) is 3.54. The van der Waals surface area contributed by atoms with Gasteiger partial charge >= 0.3 is 5.97 Å². The smallest absolute Gasteiger partial charge is 0.310 e. The maximum atomic E-state index is 12.6. The Hall–Kier alpha value is -2.63. The summed E-state index contributed by atoms with van der Waals surface area (Å²) in [5.41, 5.74) is 3.41. The van der Waals surface area contributed by atoms with Crippen molar-refractivity contribution in [1.29, 1.82) is 0 Å². The van der Waals surface area contributed by atoms with Crippen LogP contribution in [0.2, 0.25) is 0 Å². The zero-order chi connectivity index (χ0) is 18.9. The first-order valence-electron chi connectivity index (χ1n) is 9.89. The van der Waals surface area contributed by atoms with E-state index in [4.69, 9.17) is 9.47 Å². The predicted molar refractivity (Wildman–Crippen MR) is 106 cm³/mol. The summed E-state index contributed by atoms with van der Waals surface area (Å²) >= 11 is 0. The molecule has 3 aliphatic heterocycles. The average Bonchev–Trinajstić information content (AvgIpc) is 2.77. The van der Waals surface area contributed by atoms with Gasteiger partial charge in [-0.05, 0) is 29.7 Å². The molecule has 144 valence electrons. The van der Waals surface area contributed by atoms with Crippen molar-refractivity contribution in [1.82, 2.24) is 10.2 Å². The molecule has 1 aliphatic carbocycles. The highest BCUT2D eigenvalue weighted by molar-refractivity contribution is 5.73. The van der Waals surface area contributed by atoms with Crippen LogP contribution in [0.1, 0.15) is 12.0 Å². The summed E-state index contributed by atoms with van der Waals surface area (Å²) in [5.74, 6) is -0.297. The van der Waals surface area contributed by atoms with E-state index in [-0.39, 0.29) is 30.1 Å². The molecule has 5 heteroatoms. The minimum absolute atomic E-state index is 0.00584. The van der Waals surface area contributed by atoms with Gasteiger partial charge < -0.3 is 19.7 Å². The van der Waals surface area contributed by atoms with Crippen LogP contribution in [0.3, 0.4) is 0 Å². The van der Waals surface area contributed by atoms with Crippen LogP contribution < -0.4 is 5.32 Å². The number of hydrogen-bond acceptors (Lipinski definition) is 5. The van der Waals surface area contributed by atoms with Crippen molar-refractivity contribution in [2.24, 2.45) is 5.92 Å². The molecule has 0 bridgehead atoms. The molecule has 5 rings (SSSR count). The first-order valence-corrected chi connectivity index (χ1v) is 9.89. The molecule has 1 aromatic carbocycles. The Morgan fingerprint density at radius 1 is 1.21 bits per heavy atom. The lowest BCUT2D eigenvalue weighted by Gasteiger charge is -2.47. The summed E-state index contributed by atoms with van der Waals surface area (Å²) in [4.78, 5) is 14.9. The van der Waals surface area contributed by atoms with Gasteiger partial charge in [0.15, 0.2) is 0 Å². The zero-order valence-corrected chi connectivity index (χ0v) is 15.7. The number of nitrogens with zero attached hydrogens (tertiary/aromatic N) is 1. The number of carbonyl (C=O) groups excluding carboxylic acids is 1. The Balaban J connectivity index is 1.26. The number of morpholine rings is 1. The van der Waals surface area contributed by atoms with E-state index in [0.29, 0.717) is 26.2 Å². The van der Waals surface area contributed by atoms with Crippen molar-refractivity contribution in [3.63, 3.8) is 0 Å². The predicted octanol–water partition coefficient (Wildman–Crippen LogP) is 2.68. The van der Waals surface area contributed by atoms with Crippen LogP contribution >= 0.6 is 0 Å². The van der Waals surface area contributed by atoms with Crippen LogP contribution in [-0.4, -0.2) is 42.2 Å². The largest absolute Gasteiger partial charge is 0.461 e. The molecule has 0 amide bonds. The number of nitrogens with one attached hydrogen (secondary N) is 1. The van der Waals surface area contributed by atoms with E-state index in [1.165, 1.54) is 11.3 Å².